The Kier molecular flexibility index (Phi) is 3.67. The SMILES string of the molecule is CC(C)(c1nc2cc(Br)ccc2s1)C1CCCNC1. The average Bonchev–Trinajstić information content (AvgIpc) is 2.83. The highest BCUT2D eigenvalue weighted by Crippen LogP contribution is 2.39. The Morgan fingerprint density at radius 2 is 2.26 bits per heavy atom. The van der Waals surface area contributed by atoms with Crippen LogP contribution in [0.15, 0.2) is 22.7 Å². The number of benzene rings is 1. The zero-order chi connectivity index (χ0) is 13.5. The van der Waals surface area contributed by atoms with Crippen LogP contribution in [0.5, 0.6) is 0 Å². The van der Waals surface area contributed by atoms with Crippen LogP contribution in [-0.2, 0) is 5.41 Å². The second-order valence-corrected chi connectivity index (χ2v) is 7.84. The van der Waals surface area contributed by atoms with Crippen molar-refractivity contribution < 1.29 is 0 Å². The van der Waals surface area contributed by atoms with E-state index in [0.29, 0.717) is 5.92 Å². The van der Waals surface area contributed by atoms with Crippen molar-refractivity contribution in [2.75, 3.05) is 13.1 Å². The molecule has 1 unspecified atom stereocenters. The first-order valence-corrected chi connectivity index (χ1v) is 8.45. The predicted octanol–water partition coefficient (Wildman–Crippen LogP) is 4.34. The van der Waals surface area contributed by atoms with Crippen LogP contribution in [0.3, 0.4) is 0 Å². The Morgan fingerprint density at radius 1 is 1.42 bits per heavy atom. The van der Waals surface area contributed by atoms with Gasteiger partial charge in [-0.3, -0.25) is 0 Å². The monoisotopic (exact) mass is 338 g/mol. The third-order valence-electron chi connectivity index (χ3n) is 4.22. The molecule has 102 valence electrons. The topological polar surface area (TPSA) is 24.9 Å². The summed E-state index contributed by atoms with van der Waals surface area (Å²) in [5, 5.41) is 4.80. The normalized spacial score (nSPS) is 20.9. The molecule has 1 aliphatic heterocycles. The molecule has 1 aliphatic rings. The van der Waals surface area contributed by atoms with Crippen LogP contribution >= 0.6 is 27.3 Å². The molecule has 1 atom stereocenters. The molecule has 1 aromatic heterocycles. The van der Waals surface area contributed by atoms with Gasteiger partial charge in [0.15, 0.2) is 0 Å². The fourth-order valence-electron chi connectivity index (χ4n) is 2.82. The first kappa shape index (κ1) is 13.5. The highest BCUT2D eigenvalue weighted by molar-refractivity contribution is 9.10. The molecular weight excluding hydrogens is 320 g/mol. The van der Waals surface area contributed by atoms with Gasteiger partial charge in [-0.25, -0.2) is 4.98 Å². The lowest BCUT2D eigenvalue weighted by molar-refractivity contribution is 0.251. The molecule has 1 N–H and O–H groups in total. The Hall–Kier alpha value is -0.450. The van der Waals surface area contributed by atoms with Gasteiger partial charge in [0.25, 0.3) is 0 Å². The zero-order valence-corrected chi connectivity index (χ0v) is 13.8. The van der Waals surface area contributed by atoms with Crippen LogP contribution in [0.4, 0.5) is 0 Å². The number of aromatic nitrogens is 1. The standard InChI is InChI=1S/C15H19BrN2S/c1-15(2,10-4-3-7-17-9-10)14-18-12-8-11(16)5-6-13(12)19-14/h5-6,8,10,17H,3-4,7,9H2,1-2H3. The van der Waals surface area contributed by atoms with E-state index in [1.165, 1.54) is 29.1 Å². The number of nitrogens with zero attached hydrogens (tertiary/aromatic N) is 1. The second-order valence-electron chi connectivity index (χ2n) is 5.90. The minimum Gasteiger partial charge on any atom is -0.316 e. The second kappa shape index (κ2) is 5.15. The molecule has 3 rings (SSSR count). The molecular formula is C15H19BrN2S. The van der Waals surface area contributed by atoms with Crippen molar-refractivity contribution in [3.63, 3.8) is 0 Å². The van der Waals surface area contributed by atoms with Crippen LogP contribution in [0, 0.1) is 5.92 Å². The molecule has 1 fully saturated rings. The Balaban J connectivity index is 1.97. The summed E-state index contributed by atoms with van der Waals surface area (Å²) in [5.74, 6) is 0.685. The molecule has 2 aromatic rings. The summed E-state index contributed by atoms with van der Waals surface area (Å²) in [6.07, 6.45) is 2.59. The van der Waals surface area contributed by atoms with Crippen LogP contribution in [0.2, 0.25) is 0 Å². The number of piperidine rings is 1. The van der Waals surface area contributed by atoms with Crippen molar-refractivity contribution in [2.24, 2.45) is 5.92 Å². The van der Waals surface area contributed by atoms with E-state index in [1.54, 1.807) is 0 Å². The summed E-state index contributed by atoms with van der Waals surface area (Å²) in [7, 11) is 0. The smallest absolute Gasteiger partial charge is 0.0998 e. The van der Waals surface area contributed by atoms with Crippen LogP contribution in [0.25, 0.3) is 10.2 Å². The number of rotatable bonds is 2. The van der Waals surface area contributed by atoms with E-state index in [0.717, 1.165) is 16.5 Å². The maximum absolute atomic E-state index is 4.88. The highest BCUT2D eigenvalue weighted by Gasteiger charge is 2.34. The van der Waals surface area contributed by atoms with Crippen molar-refractivity contribution in [2.45, 2.75) is 32.1 Å². The van der Waals surface area contributed by atoms with Gasteiger partial charge >= 0.3 is 0 Å². The van der Waals surface area contributed by atoms with Crippen LogP contribution in [-0.4, -0.2) is 18.1 Å². The maximum Gasteiger partial charge on any atom is 0.0998 e. The van der Waals surface area contributed by atoms with Crippen molar-refractivity contribution in [1.29, 1.82) is 0 Å². The van der Waals surface area contributed by atoms with E-state index in [1.807, 2.05) is 11.3 Å². The predicted molar refractivity (Wildman–Crippen MR) is 85.9 cm³/mol. The fourth-order valence-corrected chi connectivity index (χ4v) is 4.29. The van der Waals surface area contributed by atoms with Gasteiger partial charge in [0, 0.05) is 9.89 Å². The van der Waals surface area contributed by atoms with Gasteiger partial charge in [-0.1, -0.05) is 29.8 Å². The van der Waals surface area contributed by atoms with Gasteiger partial charge in [0.05, 0.1) is 15.2 Å². The summed E-state index contributed by atoms with van der Waals surface area (Å²) in [6, 6.07) is 6.37. The van der Waals surface area contributed by atoms with E-state index < -0.39 is 0 Å². The third kappa shape index (κ3) is 2.58. The van der Waals surface area contributed by atoms with Crippen molar-refractivity contribution in [3.05, 3.63) is 27.7 Å². The zero-order valence-electron chi connectivity index (χ0n) is 11.4. The van der Waals surface area contributed by atoms with E-state index in [-0.39, 0.29) is 5.41 Å². The third-order valence-corrected chi connectivity index (χ3v) is 6.09. The lowest BCUT2D eigenvalue weighted by atomic mass is 9.75. The number of nitrogens with one attached hydrogen (secondary N) is 1. The first-order chi connectivity index (χ1) is 9.07. The molecule has 2 heterocycles. The molecule has 2 nitrogen and oxygen atoms in total. The minimum absolute atomic E-state index is 0.156. The fraction of sp³-hybridized carbons (Fsp3) is 0.533. The number of hydrogen-bond acceptors (Lipinski definition) is 3. The molecule has 0 spiro atoms. The number of fused-ring (bicyclic) bond motifs is 1. The Bertz CT molecular complexity index is 585. The maximum atomic E-state index is 4.88. The Labute approximate surface area is 126 Å². The molecule has 0 saturated carbocycles. The number of hydrogen-bond donors (Lipinski definition) is 1. The van der Waals surface area contributed by atoms with Crippen molar-refractivity contribution >= 4 is 37.5 Å². The molecule has 4 heteroatoms. The summed E-state index contributed by atoms with van der Waals surface area (Å²) in [5.41, 5.74) is 1.27. The molecule has 0 bridgehead atoms. The largest absolute Gasteiger partial charge is 0.316 e. The van der Waals surface area contributed by atoms with Gasteiger partial charge in [-0.15, -0.1) is 11.3 Å². The Morgan fingerprint density at radius 3 is 3.00 bits per heavy atom. The molecule has 0 amide bonds. The van der Waals surface area contributed by atoms with Gasteiger partial charge in [-0.2, -0.15) is 0 Å². The van der Waals surface area contributed by atoms with Crippen LogP contribution < -0.4 is 5.32 Å². The quantitative estimate of drug-likeness (QED) is 0.881. The number of thiazole rings is 1. The van der Waals surface area contributed by atoms with E-state index in [2.05, 4.69) is 53.3 Å². The molecule has 0 aliphatic carbocycles. The highest BCUT2D eigenvalue weighted by atomic mass is 79.9. The lowest BCUT2D eigenvalue weighted by Crippen LogP contribution is -2.40. The van der Waals surface area contributed by atoms with Gasteiger partial charge in [0.2, 0.25) is 0 Å². The van der Waals surface area contributed by atoms with Gasteiger partial charge < -0.3 is 5.32 Å². The molecule has 1 saturated heterocycles. The van der Waals surface area contributed by atoms with Gasteiger partial charge in [-0.05, 0) is 50.0 Å². The molecule has 19 heavy (non-hydrogen) atoms. The summed E-state index contributed by atoms with van der Waals surface area (Å²) in [4.78, 5) is 4.88. The molecule has 1 aromatic carbocycles. The van der Waals surface area contributed by atoms with E-state index in [9.17, 15) is 0 Å². The minimum atomic E-state index is 0.156. The van der Waals surface area contributed by atoms with E-state index in [4.69, 9.17) is 4.98 Å². The average molecular weight is 339 g/mol. The van der Waals surface area contributed by atoms with Gasteiger partial charge in [0.1, 0.15) is 0 Å². The van der Waals surface area contributed by atoms with Crippen molar-refractivity contribution in [1.82, 2.24) is 10.3 Å². The number of halogens is 1. The summed E-state index contributed by atoms with van der Waals surface area (Å²) < 4.78 is 2.39. The van der Waals surface area contributed by atoms with E-state index >= 15 is 0 Å². The van der Waals surface area contributed by atoms with Crippen molar-refractivity contribution in [3.8, 4) is 0 Å². The van der Waals surface area contributed by atoms with Crippen LogP contribution in [0.1, 0.15) is 31.7 Å². The summed E-state index contributed by atoms with van der Waals surface area (Å²) >= 11 is 5.37. The lowest BCUT2D eigenvalue weighted by Gasteiger charge is -2.35. The molecule has 0 radical (unpaired) electrons. The summed E-state index contributed by atoms with van der Waals surface area (Å²) in [6.45, 7) is 6.97. The first-order valence-electron chi connectivity index (χ1n) is 6.84.